The number of fused-ring (bicyclic) bond motifs is 3. The van der Waals surface area contributed by atoms with Gasteiger partial charge in [-0.25, -0.2) is 4.79 Å². The zero-order valence-corrected chi connectivity index (χ0v) is 14.5. The third-order valence-electron chi connectivity index (χ3n) is 4.75. The third-order valence-corrected chi connectivity index (χ3v) is 4.75. The summed E-state index contributed by atoms with van der Waals surface area (Å²) in [4.78, 5) is 16.1. The van der Waals surface area contributed by atoms with Crippen LogP contribution in [0.2, 0.25) is 0 Å². The average molecular weight is 345 g/mol. The van der Waals surface area contributed by atoms with Crippen molar-refractivity contribution in [3.05, 3.63) is 71.9 Å². The van der Waals surface area contributed by atoms with E-state index in [4.69, 9.17) is 4.74 Å². The van der Waals surface area contributed by atoms with Gasteiger partial charge in [-0.1, -0.05) is 48.5 Å². The van der Waals surface area contributed by atoms with Crippen LogP contribution in [-0.4, -0.2) is 24.0 Å². The summed E-state index contributed by atoms with van der Waals surface area (Å²) in [7, 11) is 1.83. The van der Waals surface area contributed by atoms with E-state index in [9.17, 15) is 4.79 Å². The molecule has 2 aromatic carbocycles. The van der Waals surface area contributed by atoms with Gasteiger partial charge in [0, 0.05) is 25.2 Å². The number of carbonyl (C=O) groups is 1. The minimum absolute atomic E-state index is 0.0481. The van der Waals surface area contributed by atoms with Crippen LogP contribution in [0.3, 0.4) is 0 Å². The van der Waals surface area contributed by atoms with Crippen LogP contribution >= 0.6 is 0 Å². The number of carbonyl (C=O) groups excluding carboxylic acids is 1. The number of rotatable bonds is 4. The second-order valence-electron chi connectivity index (χ2n) is 6.30. The maximum atomic E-state index is 12.3. The lowest BCUT2D eigenvalue weighted by atomic mass is 9.98. The molecule has 1 aliphatic rings. The molecule has 1 heterocycles. The molecule has 4 rings (SSSR count). The second kappa shape index (κ2) is 6.52. The van der Waals surface area contributed by atoms with Crippen molar-refractivity contribution >= 4 is 24.3 Å². The molecular formula is C21H19N3O2. The quantitative estimate of drug-likeness (QED) is 0.696. The maximum Gasteiger partial charge on any atom is 0.412 e. The highest BCUT2D eigenvalue weighted by Crippen LogP contribution is 2.44. The van der Waals surface area contributed by atoms with Gasteiger partial charge < -0.3 is 9.30 Å². The lowest BCUT2D eigenvalue weighted by Crippen LogP contribution is -2.19. The Labute approximate surface area is 152 Å². The number of nitrogens with zero attached hydrogens (tertiary/aromatic N) is 2. The topological polar surface area (TPSA) is 55.6 Å². The fourth-order valence-electron chi connectivity index (χ4n) is 3.50. The summed E-state index contributed by atoms with van der Waals surface area (Å²) in [5.41, 5.74) is 5.50. The first-order chi connectivity index (χ1) is 12.7. The van der Waals surface area contributed by atoms with Gasteiger partial charge in [-0.3, -0.25) is 10.3 Å². The van der Waals surface area contributed by atoms with Gasteiger partial charge in [-0.05, 0) is 29.0 Å². The van der Waals surface area contributed by atoms with Crippen molar-refractivity contribution < 1.29 is 9.53 Å². The van der Waals surface area contributed by atoms with Gasteiger partial charge in [0.1, 0.15) is 12.4 Å². The first kappa shape index (κ1) is 16.1. The summed E-state index contributed by atoms with van der Waals surface area (Å²) in [6.45, 7) is 3.78. The zero-order valence-electron chi connectivity index (χ0n) is 14.5. The highest BCUT2D eigenvalue weighted by Gasteiger charge is 2.29. The molecule has 0 saturated carbocycles. The Bertz CT molecular complexity index is 945. The zero-order chi connectivity index (χ0) is 18.1. The summed E-state index contributed by atoms with van der Waals surface area (Å²) in [5.74, 6) is 0.664. The van der Waals surface area contributed by atoms with Gasteiger partial charge in [0.15, 0.2) is 0 Å². The first-order valence-corrected chi connectivity index (χ1v) is 8.42. The van der Waals surface area contributed by atoms with Gasteiger partial charge in [0.2, 0.25) is 0 Å². The Balaban J connectivity index is 1.50. The van der Waals surface area contributed by atoms with Crippen LogP contribution in [0.1, 0.15) is 17.0 Å². The number of hydrogen-bond acceptors (Lipinski definition) is 3. The van der Waals surface area contributed by atoms with Crippen molar-refractivity contribution in [3.8, 4) is 11.1 Å². The fraction of sp³-hybridized carbons (Fsp3) is 0.143. The largest absolute Gasteiger partial charge is 0.448 e. The van der Waals surface area contributed by atoms with Crippen LogP contribution in [0, 0.1) is 0 Å². The molecule has 5 nitrogen and oxygen atoms in total. The smallest absolute Gasteiger partial charge is 0.412 e. The number of amides is 1. The van der Waals surface area contributed by atoms with E-state index >= 15 is 0 Å². The standard InChI is InChI=1S/C21H19N3O2/c1-22-14-11-20(24(2)12-14)23-21(25)26-13-19-17-9-5-3-7-15(17)16-8-4-6-10-18(16)19/h3-12,19H,1,13H2,2H3,(H,23,25). The van der Waals surface area contributed by atoms with Gasteiger partial charge in [0.05, 0.1) is 5.69 Å². The number of hydrogen-bond donors (Lipinski definition) is 1. The molecule has 0 saturated heterocycles. The van der Waals surface area contributed by atoms with Gasteiger partial charge >= 0.3 is 6.09 Å². The van der Waals surface area contributed by atoms with Crippen molar-refractivity contribution in [3.63, 3.8) is 0 Å². The molecule has 130 valence electrons. The predicted molar refractivity (Wildman–Crippen MR) is 103 cm³/mol. The van der Waals surface area contributed by atoms with E-state index in [2.05, 4.69) is 41.3 Å². The van der Waals surface area contributed by atoms with E-state index in [1.165, 1.54) is 22.3 Å². The van der Waals surface area contributed by atoms with E-state index in [1.54, 1.807) is 16.8 Å². The second-order valence-corrected chi connectivity index (χ2v) is 6.30. The molecule has 1 aromatic heterocycles. The minimum Gasteiger partial charge on any atom is -0.448 e. The van der Waals surface area contributed by atoms with Crippen LogP contribution in [-0.2, 0) is 11.8 Å². The van der Waals surface area contributed by atoms with E-state index in [1.807, 2.05) is 31.3 Å². The van der Waals surface area contributed by atoms with Crippen LogP contribution < -0.4 is 5.32 Å². The van der Waals surface area contributed by atoms with E-state index < -0.39 is 6.09 Å². The molecule has 1 aliphatic carbocycles. The number of aliphatic imine (C=N–C) groups is 1. The lowest BCUT2D eigenvalue weighted by Gasteiger charge is -2.14. The third kappa shape index (κ3) is 2.77. The van der Waals surface area contributed by atoms with Crippen molar-refractivity contribution in [2.45, 2.75) is 5.92 Å². The predicted octanol–water partition coefficient (Wildman–Crippen LogP) is 4.72. The van der Waals surface area contributed by atoms with E-state index in [0.717, 1.165) is 0 Å². The molecule has 0 atom stereocenters. The van der Waals surface area contributed by atoms with Gasteiger partial charge in [-0.2, -0.15) is 0 Å². The molecular weight excluding hydrogens is 326 g/mol. The molecule has 0 unspecified atom stereocenters. The summed E-state index contributed by atoms with van der Waals surface area (Å²) >= 11 is 0. The minimum atomic E-state index is -0.483. The monoisotopic (exact) mass is 345 g/mol. The summed E-state index contributed by atoms with van der Waals surface area (Å²) in [6, 6.07) is 18.3. The molecule has 26 heavy (non-hydrogen) atoms. The van der Waals surface area contributed by atoms with Gasteiger partial charge in [0.25, 0.3) is 0 Å². The van der Waals surface area contributed by atoms with Crippen LogP contribution in [0.5, 0.6) is 0 Å². The number of benzene rings is 2. The molecule has 5 heteroatoms. The summed E-state index contributed by atoms with van der Waals surface area (Å²) < 4.78 is 7.30. The normalized spacial score (nSPS) is 12.3. The first-order valence-electron chi connectivity index (χ1n) is 8.42. The fourth-order valence-corrected chi connectivity index (χ4v) is 3.50. The SMILES string of the molecule is C=Nc1cc(NC(=O)OCC2c3ccccc3-c3ccccc32)n(C)c1. The average Bonchev–Trinajstić information content (AvgIpc) is 3.18. The molecule has 0 radical (unpaired) electrons. The maximum absolute atomic E-state index is 12.3. The highest BCUT2D eigenvalue weighted by molar-refractivity contribution is 5.85. The molecule has 0 bridgehead atoms. The number of aryl methyl sites for hydroxylation is 1. The van der Waals surface area contributed by atoms with Crippen molar-refractivity contribution in [2.75, 3.05) is 11.9 Å². The Morgan fingerprint density at radius 1 is 1.15 bits per heavy atom. The molecule has 1 N–H and O–H groups in total. The van der Waals surface area contributed by atoms with E-state index in [-0.39, 0.29) is 12.5 Å². The molecule has 1 amide bonds. The molecule has 0 aliphatic heterocycles. The molecule has 3 aromatic rings. The van der Waals surface area contributed by atoms with Crippen molar-refractivity contribution in [1.29, 1.82) is 0 Å². The molecule has 0 fully saturated rings. The number of ether oxygens (including phenoxy) is 1. The van der Waals surface area contributed by atoms with Crippen LogP contribution in [0.4, 0.5) is 16.3 Å². The van der Waals surface area contributed by atoms with Crippen LogP contribution in [0.15, 0.2) is 65.8 Å². The van der Waals surface area contributed by atoms with Crippen LogP contribution in [0.25, 0.3) is 11.1 Å². The lowest BCUT2D eigenvalue weighted by molar-refractivity contribution is 0.158. The Morgan fingerprint density at radius 2 is 1.77 bits per heavy atom. The summed E-state index contributed by atoms with van der Waals surface area (Å²) in [6.07, 6.45) is 1.30. The number of nitrogens with one attached hydrogen (secondary N) is 1. The number of aromatic nitrogens is 1. The van der Waals surface area contributed by atoms with E-state index in [0.29, 0.717) is 11.5 Å². The Morgan fingerprint density at radius 3 is 2.35 bits per heavy atom. The Hall–Kier alpha value is -3.34. The van der Waals surface area contributed by atoms with Crippen molar-refractivity contribution in [2.24, 2.45) is 12.0 Å². The molecule has 0 spiro atoms. The highest BCUT2D eigenvalue weighted by atomic mass is 16.5. The van der Waals surface area contributed by atoms with Crippen molar-refractivity contribution in [1.82, 2.24) is 4.57 Å². The van der Waals surface area contributed by atoms with Gasteiger partial charge in [-0.15, -0.1) is 0 Å². The number of anilines is 1. The summed E-state index contributed by atoms with van der Waals surface area (Å²) in [5, 5.41) is 2.75. The Kier molecular flexibility index (Phi) is 4.05.